The second-order valence-electron chi connectivity index (χ2n) is 3.08. The minimum atomic E-state index is -0.250. The second-order valence-corrected chi connectivity index (χ2v) is 3.08. The summed E-state index contributed by atoms with van der Waals surface area (Å²) in [5.41, 5.74) is 0.225. The van der Waals surface area contributed by atoms with E-state index in [0.29, 0.717) is 10.9 Å². The number of pyridine rings is 1. The van der Waals surface area contributed by atoms with Crippen LogP contribution < -0.4 is 10.4 Å². The van der Waals surface area contributed by atoms with Crippen LogP contribution in [0.1, 0.15) is 13.8 Å². The molecular weight excluding hydrogens is 197 g/mol. The molecular formula is C10H12FN3O. The lowest BCUT2D eigenvalue weighted by atomic mass is 10.4. The fourth-order valence-corrected chi connectivity index (χ4v) is 0.978. The summed E-state index contributed by atoms with van der Waals surface area (Å²) in [5.74, 6) is 0.151. The molecule has 1 rings (SSSR count). The molecule has 0 saturated heterocycles. The van der Waals surface area contributed by atoms with Crippen molar-refractivity contribution in [3.63, 3.8) is 0 Å². The Hall–Kier alpha value is -1.91. The van der Waals surface area contributed by atoms with Crippen molar-refractivity contribution in [1.29, 1.82) is 0 Å². The van der Waals surface area contributed by atoms with E-state index >= 15 is 0 Å². The van der Waals surface area contributed by atoms with E-state index in [0.717, 1.165) is 0 Å². The summed E-state index contributed by atoms with van der Waals surface area (Å²) in [7, 11) is 0. The van der Waals surface area contributed by atoms with Gasteiger partial charge < -0.3 is 5.32 Å². The van der Waals surface area contributed by atoms with Gasteiger partial charge in [-0.25, -0.2) is 4.98 Å². The zero-order chi connectivity index (χ0) is 11.4. The van der Waals surface area contributed by atoms with Crippen molar-refractivity contribution in [3.8, 4) is 0 Å². The summed E-state index contributed by atoms with van der Waals surface area (Å²) in [4.78, 5) is 14.6. The Balaban J connectivity index is 2.92. The molecule has 15 heavy (non-hydrogen) atoms. The van der Waals surface area contributed by atoms with Crippen LogP contribution in [0.4, 0.5) is 16.1 Å². The molecule has 80 valence electrons. The summed E-state index contributed by atoms with van der Waals surface area (Å²) < 4.78 is 13.3. The number of nitrogens with zero attached hydrogens (tertiary/aromatic N) is 2. The highest BCUT2D eigenvalue weighted by molar-refractivity contribution is 5.87. The third-order valence-corrected chi connectivity index (χ3v) is 1.57. The van der Waals surface area contributed by atoms with Gasteiger partial charge in [-0.2, -0.15) is 5.12 Å². The number of hydrogen-bond donors (Lipinski definition) is 1. The normalized spacial score (nSPS) is 9.53. The van der Waals surface area contributed by atoms with E-state index in [2.05, 4.69) is 16.9 Å². The molecule has 5 heteroatoms. The smallest absolute Gasteiger partial charge is 0.222 e. The average molecular weight is 209 g/mol. The highest BCUT2D eigenvalue weighted by Crippen LogP contribution is 2.17. The van der Waals surface area contributed by atoms with Crippen LogP contribution in [0, 0.1) is 0 Å². The summed E-state index contributed by atoms with van der Waals surface area (Å²) in [6, 6.07) is 4.67. The van der Waals surface area contributed by atoms with Crippen molar-refractivity contribution < 1.29 is 9.28 Å². The number of allylic oxidation sites excluding steroid dienone is 1. The lowest BCUT2D eigenvalue weighted by Crippen LogP contribution is -2.12. The zero-order valence-electron chi connectivity index (χ0n) is 8.62. The van der Waals surface area contributed by atoms with Crippen LogP contribution >= 0.6 is 0 Å². The van der Waals surface area contributed by atoms with Crippen LogP contribution in [0.5, 0.6) is 0 Å². The molecule has 0 spiro atoms. The van der Waals surface area contributed by atoms with E-state index < -0.39 is 0 Å². The minimum absolute atomic E-state index is 0.0914. The van der Waals surface area contributed by atoms with Gasteiger partial charge in [-0.15, -0.1) is 0 Å². The van der Waals surface area contributed by atoms with Gasteiger partial charge in [-0.1, -0.05) is 17.1 Å². The first-order valence-electron chi connectivity index (χ1n) is 4.37. The number of nitrogens with one attached hydrogen (secondary N) is 1. The number of anilines is 2. The standard InChI is InChI=1S/C10H12FN3O/c1-7(2)14(11)10-6-4-5-9(13-10)12-8(3)15/h4-6H,1H2,2-3H3,(H,12,13,15). The van der Waals surface area contributed by atoms with E-state index in [1.54, 1.807) is 12.1 Å². The van der Waals surface area contributed by atoms with Crippen molar-refractivity contribution in [2.24, 2.45) is 0 Å². The Morgan fingerprint density at radius 2 is 2.20 bits per heavy atom. The van der Waals surface area contributed by atoms with Crippen molar-refractivity contribution >= 4 is 17.5 Å². The predicted molar refractivity (Wildman–Crippen MR) is 56.9 cm³/mol. The van der Waals surface area contributed by atoms with E-state index in [1.165, 1.54) is 19.9 Å². The van der Waals surface area contributed by atoms with Crippen molar-refractivity contribution in [2.45, 2.75) is 13.8 Å². The Bertz CT molecular complexity index is 392. The van der Waals surface area contributed by atoms with E-state index in [4.69, 9.17) is 0 Å². The first kappa shape index (κ1) is 11.2. The van der Waals surface area contributed by atoms with Gasteiger partial charge in [0.1, 0.15) is 5.82 Å². The highest BCUT2D eigenvalue weighted by atomic mass is 19.2. The zero-order valence-corrected chi connectivity index (χ0v) is 8.62. The molecule has 1 amide bonds. The Morgan fingerprint density at radius 1 is 1.53 bits per heavy atom. The highest BCUT2D eigenvalue weighted by Gasteiger charge is 2.07. The Kier molecular flexibility index (Phi) is 3.38. The first-order valence-corrected chi connectivity index (χ1v) is 4.37. The van der Waals surface area contributed by atoms with Crippen LogP contribution in [-0.2, 0) is 4.79 Å². The van der Waals surface area contributed by atoms with Crippen LogP contribution in [0.15, 0.2) is 30.5 Å². The average Bonchev–Trinajstić information content (AvgIpc) is 2.16. The molecule has 0 aliphatic rings. The summed E-state index contributed by atoms with van der Waals surface area (Å²) >= 11 is 0. The minimum Gasteiger partial charge on any atom is -0.311 e. The molecule has 0 radical (unpaired) electrons. The van der Waals surface area contributed by atoms with E-state index in [9.17, 15) is 9.28 Å². The lowest BCUT2D eigenvalue weighted by molar-refractivity contribution is -0.114. The van der Waals surface area contributed by atoms with E-state index in [-0.39, 0.29) is 17.4 Å². The Labute approximate surface area is 87.4 Å². The van der Waals surface area contributed by atoms with Gasteiger partial charge in [0, 0.05) is 12.6 Å². The topological polar surface area (TPSA) is 45.2 Å². The molecule has 0 fully saturated rings. The summed E-state index contributed by atoms with van der Waals surface area (Å²) in [5, 5.41) is 2.82. The number of carbonyl (C=O) groups is 1. The van der Waals surface area contributed by atoms with Crippen molar-refractivity contribution in [2.75, 3.05) is 10.4 Å². The maximum Gasteiger partial charge on any atom is 0.222 e. The monoisotopic (exact) mass is 209 g/mol. The van der Waals surface area contributed by atoms with Gasteiger partial charge in [-0.3, -0.25) is 4.79 Å². The Morgan fingerprint density at radius 3 is 2.73 bits per heavy atom. The molecule has 1 N–H and O–H groups in total. The van der Waals surface area contributed by atoms with Gasteiger partial charge in [-0.05, 0) is 19.1 Å². The van der Waals surface area contributed by atoms with Crippen LogP contribution in [0.2, 0.25) is 0 Å². The largest absolute Gasteiger partial charge is 0.311 e. The third-order valence-electron chi connectivity index (χ3n) is 1.57. The molecule has 1 aromatic rings. The fraction of sp³-hybridized carbons (Fsp3) is 0.200. The van der Waals surface area contributed by atoms with E-state index in [1.807, 2.05) is 0 Å². The molecule has 0 atom stereocenters. The molecule has 0 bridgehead atoms. The molecule has 0 saturated carbocycles. The predicted octanol–water partition coefficient (Wildman–Crippen LogP) is 2.26. The van der Waals surface area contributed by atoms with Gasteiger partial charge in [0.05, 0.1) is 0 Å². The van der Waals surface area contributed by atoms with Gasteiger partial charge in [0.25, 0.3) is 0 Å². The molecule has 4 nitrogen and oxygen atoms in total. The first-order chi connectivity index (χ1) is 7.00. The summed E-state index contributed by atoms with van der Waals surface area (Å²) in [6.07, 6.45) is 0. The van der Waals surface area contributed by atoms with Gasteiger partial charge >= 0.3 is 0 Å². The second kappa shape index (κ2) is 4.54. The molecule has 0 aliphatic heterocycles. The van der Waals surface area contributed by atoms with Gasteiger partial charge in [0.15, 0.2) is 5.82 Å². The maximum absolute atomic E-state index is 13.3. The molecule has 1 heterocycles. The number of rotatable bonds is 3. The molecule has 0 aliphatic carbocycles. The number of aromatic nitrogens is 1. The third kappa shape index (κ3) is 3.05. The number of carbonyl (C=O) groups excluding carboxylic acids is 1. The molecule has 1 aromatic heterocycles. The van der Waals surface area contributed by atoms with Crippen molar-refractivity contribution in [1.82, 2.24) is 4.98 Å². The van der Waals surface area contributed by atoms with Crippen molar-refractivity contribution in [3.05, 3.63) is 30.5 Å². The summed E-state index contributed by atoms with van der Waals surface area (Å²) in [6.45, 7) is 6.33. The lowest BCUT2D eigenvalue weighted by Gasteiger charge is -2.12. The molecule has 0 aromatic carbocycles. The SMILES string of the molecule is C=C(C)N(F)c1cccc(NC(C)=O)n1. The fourth-order valence-electron chi connectivity index (χ4n) is 0.978. The van der Waals surface area contributed by atoms with Crippen LogP contribution in [0.3, 0.4) is 0 Å². The number of halogens is 1. The van der Waals surface area contributed by atoms with Gasteiger partial charge in [0.2, 0.25) is 5.91 Å². The maximum atomic E-state index is 13.3. The number of hydrogen-bond acceptors (Lipinski definition) is 3. The number of amides is 1. The molecule has 0 unspecified atom stereocenters. The van der Waals surface area contributed by atoms with Crippen LogP contribution in [0.25, 0.3) is 0 Å². The quantitative estimate of drug-likeness (QED) is 0.776. The van der Waals surface area contributed by atoms with Crippen LogP contribution in [-0.4, -0.2) is 10.9 Å².